The van der Waals surface area contributed by atoms with Crippen molar-refractivity contribution in [1.82, 2.24) is 10.2 Å². The molecule has 1 saturated heterocycles. The zero-order valence-electron chi connectivity index (χ0n) is 11.9. The third kappa shape index (κ3) is 4.89. The van der Waals surface area contributed by atoms with Crippen LogP contribution in [0.3, 0.4) is 0 Å². The molecule has 1 unspecified atom stereocenters. The van der Waals surface area contributed by atoms with Gasteiger partial charge in [-0.3, -0.25) is 9.69 Å². The minimum Gasteiger partial charge on any atom is -0.325 e. The number of hydrogen-bond donors (Lipinski definition) is 2. The molecule has 4 nitrogen and oxygen atoms in total. The highest BCUT2D eigenvalue weighted by Crippen LogP contribution is 2.14. The maximum Gasteiger partial charge on any atom is 0.238 e. The third-order valence-electron chi connectivity index (χ3n) is 3.62. The second-order valence-electron chi connectivity index (χ2n) is 5.28. The van der Waals surface area contributed by atoms with Gasteiger partial charge < -0.3 is 10.6 Å². The van der Waals surface area contributed by atoms with Gasteiger partial charge in [-0.15, -0.1) is 0 Å². The van der Waals surface area contributed by atoms with Gasteiger partial charge in [-0.2, -0.15) is 0 Å². The van der Waals surface area contributed by atoms with Crippen LogP contribution in [0.2, 0.25) is 0 Å². The molecule has 1 aliphatic rings. The summed E-state index contributed by atoms with van der Waals surface area (Å²) in [7, 11) is 0. The molecule has 1 amide bonds. The first kappa shape index (κ1) is 15.5. The Morgan fingerprint density at radius 2 is 1.95 bits per heavy atom. The van der Waals surface area contributed by atoms with E-state index in [0.717, 1.165) is 16.7 Å². The van der Waals surface area contributed by atoms with Crippen LogP contribution >= 0.6 is 15.9 Å². The number of nitrogens with one attached hydrogen (secondary N) is 2. The minimum absolute atomic E-state index is 0.000874. The quantitative estimate of drug-likeness (QED) is 0.836. The van der Waals surface area contributed by atoms with E-state index in [4.69, 9.17) is 0 Å². The van der Waals surface area contributed by atoms with Crippen molar-refractivity contribution in [3.8, 4) is 0 Å². The van der Waals surface area contributed by atoms with Crippen molar-refractivity contribution in [3.05, 3.63) is 28.7 Å². The highest BCUT2D eigenvalue weighted by atomic mass is 79.9. The Bertz CT molecular complexity index is 429. The fraction of sp³-hybridized carbons (Fsp3) is 0.533. The molecule has 110 valence electrons. The lowest BCUT2D eigenvalue weighted by atomic mass is 10.3. The van der Waals surface area contributed by atoms with Gasteiger partial charge in [0.15, 0.2) is 0 Å². The second-order valence-corrected chi connectivity index (χ2v) is 6.19. The molecule has 0 aromatic heterocycles. The Labute approximate surface area is 129 Å². The number of benzene rings is 1. The van der Waals surface area contributed by atoms with Crippen LogP contribution in [0.1, 0.15) is 19.8 Å². The molecule has 1 aromatic carbocycles. The molecule has 5 heteroatoms. The fourth-order valence-electron chi connectivity index (χ4n) is 2.44. The van der Waals surface area contributed by atoms with Crippen LogP contribution in [0.4, 0.5) is 5.69 Å². The number of anilines is 1. The Hall–Kier alpha value is -0.910. The maximum atomic E-state index is 11.8. The third-order valence-corrected chi connectivity index (χ3v) is 4.15. The molecule has 0 spiro atoms. The Kier molecular flexibility index (Phi) is 6.01. The molecular formula is C15H22BrN3O. The predicted octanol–water partition coefficient (Wildman–Crippen LogP) is 2.46. The number of hydrogen-bond acceptors (Lipinski definition) is 3. The largest absolute Gasteiger partial charge is 0.325 e. The zero-order valence-corrected chi connectivity index (χ0v) is 13.4. The predicted molar refractivity (Wildman–Crippen MR) is 85.9 cm³/mol. The molecule has 0 radical (unpaired) electrons. The van der Waals surface area contributed by atoms with Gasteiger partial charge in [0.05, 0.1) is 6.54 Å². The van der Waals surface area contributed by atoms with E-state index < -0.39 is 0 Å². The smallest absolute Gasteiger partial charge is 0.238 e. The molecule has 1 fully saturated rings. The van der Waals surface area contributed by atoms with Crippen molar-refractivity contribution in [3.63, 3.8) is 0 Å². The van der Waals surface area contributed by atoms with E-state index in [1.165, 1.54) is 25.9 Å². The number of carbonyl (C=O) groups excluding carboxylic acids is 1. The van der Waals surface area contributed by atoms with Crippen molar-refractivity contribution < 1.29 is 4.79 Å². The zero-order chi connectivity index (χ0) is 14.4. The SMILES string of the molecule is CC(CNCC(=O)Nc1ccc(Br)cc1)N1CCCC1. The van der Waals surface area contributed by atoms with Gasteiger partial charge in [-0.05, 0) is 57.1 Å². The van der Waals surface area contributed by atoms with Gasteiger partial charge in [0.25, 0.3) is 0 Å². The number of rotatable bonds is 6. The van der Waals surface area contributed by atoms with E-state index in [1.54, 1.807) is 0 Å². The van der Waals surface area contributed by atoms with Crippen LogP contribution < -0.4 is 10.6 Å². The van der Waals surface area contributed by atoms with E-state index in [9.17, 15) is 4.79 Å². The Morgan fingerprint density at radius 3 is 2.60 bits per heavy atom. The van der Waals surface area contributed by atoms with Gasteiger partial charge >= 0.3 is 0 Å². The monoisotopic (exact) mass is 339 g/mol. The van der Waals surface area contributed by atoms with Crippen molar-refractivity contribution >= 4 is 27.5 Å². The molecule has 1 aromatic rings. The first-order valence-corrected chi connectivity index (χ1v) is 7.94. The summed E-state index contributed by atoms with van der Waals surface area (Å²) in [4.78, 5) is 14.3. The van der Waals surface area contributed by atoms with Crippen molar-refractivity contribution in [2.75, 3.05) is 31.5 Å². The van der Waals surface area contributed by atoms with Gasteiger partial charge in [0.2, 0.25) is 5.91 Å². The first-order chi connectivity index (χ1) is 9.65. The van der Waals surface area contributed by atoms with Crippen LogP contribution in [-0.2, 0) is 4.79 Å². The molecule has 1 heterocycles. The van der Waals surface area contributed by atoms with E-state index in [1.807, 2.05) is 24.3 Å². The molecule has 20 heavy (non-hydrogen) atoms. The number of likely N-dealkylation sites (tertiary alicyclic amines) is 1. The number of nitrogens with zero attached hydrogens (tertiary/aromatic N) is 1. The number of carbonyl (C=O) groups is 1. The van der Waals surface area contributed by atoms with Crippen LogP contribution in [0, 0.1) is 0 Å². The normalized spacial score (nSPS) is 17.1. The van der Waals surface area contributed by atoms with Crippen LogP contribution in [0.5, 0.6) is 0 Å². The summed E-state index contributed by atoms with van der Waals surface area (Å²) in [5.41, 5.74) is 0.826. The summed E-state index contributed by atoms with van der Waals surface area (Å²) in [5, 5.41) is 6.11. The molecule has 2 rings (SSSR count). The van der Waals surface area contributed by atoms with Crippen LogP contribution in [0.25, 0.3) is 0 Å². The number of halogens is 1. The lowest BCUT2D eigenvalue weighted by Gasteiger charge is -2.23. The second kappa shape index (κ2) is 7.76. The lowest BCUT2D eigenvalue weighted by Crippen LogP contribution is -2.40. The summed E-state index contributed by atoms with van der Waals surface area (Å²) < 4.78 is 1.01. The molecular weight excluding hydrogens is 318 g/mol. The first-order valence-electron chi connectivity index (χ1n) is 7.15. The Balaban J connectivity index is 1.65. The summed E-state index contributed by atoms with van der Waals surface area (Å²) in [6.45, 7) is 5.80. The molecule has 1 aliphatic heterocycles. The van der Waals surface area contributed by atoms with Gasteiger partial charge in [-0.1, -0.05) is 15.9 Å². The molecule has 0 bridgehead atoms. The summed E-state index contributed by atoms with van der Waals surface area (Å²) in [6, 6.07) is 8.10. The molecule has 0 aliphatic carbocycles. The number of amides is 1. The Morgan fingerprint density at radius 1 is 1.30 bits per heavy atom. The van der Waals surface area contributed by atoms with Crippen molar-refractivity contribution in [2.24, 2.45) is 0 Å². The molecule has 2 N–H and O–H groups in total. The van der Waals surface area contributed by atoms with Crippen molar-refractivity contribution in [2.45, 2.75) is 25.8 Å². The standard InChI is InChI=1S/C15H22BrN3O/c1-12(19-8-2-3-9-19)10-17-11-15(20)18-14-6-4-13(16)5-7-14/h4-7,12,17H,2-3,8-11H2,1H3,(H,18,20). The van der Waals surface area contributed by atoms with E-state index in [2.05, 4.69) is 38.4 Å². The fourth-order valence-corrected chi connectivity index (χ4v) is 2.71. The van der Waals surface area contributed by atoms with Gasteiger partial charge in [-0.25, -0.2) is 0 Å². The van der Waals surface area contributed by atoms with E-state index in [0.29, 0.717) is 12.6 Å². The maximum absolute atomic E-state index is 11.8. The average molecular weight is 340 g/mol. The average Bonchev–Trinajstić information content (AvgIpc) is 2.95. The van der Waals surface area contributed by atoms with Crippen LogP contribution in [0.15, 0.2) is 28.7 Å². The lowest BCUT2D eigenvalue weighted by molar-refractivity contribution is -0.115. The van der Waals surface area contributed by atoms with Crippen molar-refractivity contribution in [1.29, 1.82) is 0 Å². The highest BCUT2D eigenvalue weighted by Gasteiger charge is 2.17. The highest BCUT2D eigenvalue weighted by molar-refractivity contribution is 9.10. The molecule has 0 saturated carbocycles. The van der Waals surface area contributed by atoms with Crippen LogP contribution in [-0.4, -0.2) is 43.0 Å². The van der Waals surface area contributed by atoms with E-state index in [-0.39, 0.29) is 5.91 Å². The van der Waals surface area contributed by atoms with E-state index >= 15 is 0 Å². The van der Waals surface area contributed by atoms with Gasteiger partial charge in [0.1, 0.15) is 0 Å². The summed E-state index contributed by atoms with van der Waals surface area (Å²) in [6.07, 6.45) is 2.60. The summed E-state index contributed by atoms with van der Waals surface area (Å²) >= 11 is 3.37. The minimum atomic E-state index is 0.000874. The molecule has 1 atom stereocenters. The summed E-state index contributed by atoms with van der Waals surface area (Å²) in [5.74, 6) is 0.000874. The topological polar surface area (TPSA) is 44.4 Å². The van der Waals surface area contributed by atoms with Gasteiger partial charge in [0, 0.05) is 22.7 Å².